The molecular formula is C22H27N7O2S. The minimum absolute atomic E-state index is 0.210. The number of aliphatic imine (C=N–C) groups is 1. The molecule has 1 unspecified atom stereocenters. The summed E-state index contributed by atoms with van der Waals surface area (Å²) >= 11 is 0. The van der Waals surface area contributed by atoms with E-state index >= 15 is 0 Å². The van der Waals surface area contributed by atoms with E-state index in [1.807, 2.05) is 38.1 Å². The summed E-state index contributed by atoms with van der Waals surface area (Å²) in [5, 5.41) is 10.2. The molecule has 0 fully saturated rings. The van der Waals surface area contributed by atoms with Crippen LogP contribution in [-0.2, 0) is 10.0 Å². The second-order valence-electron chi connectivity index (χ2n) is 9.20. The number of aryl methyl sites for hydroxylation is 1. The van der Waals surface area contributed by atoms with Crippen LogP contribution in [0.5, 0.6) is 0 Å². The number of nitrogens with zero attached hydrogens (tertiary/aromatic N) is 6. The fourth-order valence-electron chi connectivity index (χ4n) is 3.42. The Kier molecular flexibility index (Phi) is 5.46. The molecule has 1 N–H and O–H groups in total. The van der Waals surface area contributed by atoms with Gasteiger partial charge in [0.15, 0.2) is 5.82 Å². The van der Waals surface area contributed by atoms with Crippen LogP contribution in [0.2, 0.25) is 0 Å². The van der Waals surface area contributed by atoms with E-state index in [2.05, 4.69) is 45.7 Å². The molecule has 9 nitrogen and oxygen atoms in total. The van der Waals surface area contributed by atoms with Crippen LogP contribution in [0.25, 0.3) is 10.9 Å². The first kappa shape index (κ1) is 22.2. The predicted molar refractivity (Wildman–Crippen MR) is 126 cm³/mol. The van der Waals surface area contributed by atoms with E-state index < -0.39 is 10.0 Å². The van der Waals surface area contributed by atoms with Gasteiger partial charge < -0.3 is 0 Å². The number of hydrogen-bond acceptors (Lipinski definition) is 7. The average Bonchev–Trinajstić information content (AvgIpc) is 3.25. The van der Waals surface area contributed by atoms with Gasteiger partial charge in [-0.3, -0.25) is 4.98 Å². The van der Waals surface area contributed by atoms with Crippen LogP contribution in [-0.4, -0.2) is 52.5 Å². The third-order valence-corrected chi connectivity index (χ3v) is 5.88. The summed E-state index contributed by atoms with van der Waals surface area (Å²) in [7, 11) is -3.29. The van der Waals surface area contributed by atoms with Crippen molar-refractivity contribution in [1.82, 2.24) is 24.6 Å². The Morgan fingerprint density at radius 3 is 2.69 bits per heavy atom. The molecule has 2 aromatic heterocycles. The van der Waals surface area contributed by atoms with Gasteiger partial charge in [-0.2, -0.15) is 5.10 Å². The Morgan fingerprint density at radius 2 is 2.00 bits per heavy atom. The van der Waals surface area contributed by atoms with Crippen LogP contribution in [0.1, 0.15) is 50.8 Å². The Balaban J connectivity index is 1.78. The van der Waals surface area contributed by atoms with Crippen molar-refractivity contribution >= 4 is 38.0 Å². The molecule has 32 heavy (non-hydrogen) atoms. The van der Waals surface area contributed by atoms with E-state index in [1.165, 1.54) is 4.79 Å². The Labute approximate surface area is 187 Å². The van der Waals surface area contributed by atoms with Crippen molar-refractivity contribution in [3.8, 4) is 0 Å². The van der Waals surface area contributed by atoms with Gasteiger partial charge in [0.2, 0.25) is 15.8 Å². The monoisotopic (exact) mass is 453 g/mol. The van der Waals surface area contributed by atoms with Gasteiger partial charge in [0, 0.05) is 29.5 Å². The first-order valence-corrected chi connectivity index (χ1v) is 12.3. The number of benzene rings is 1. The Morgan fingerprint density at radius 1 is 1.25 bits per heavy atom. The fraction of sp³-hybridized carbons (Fsp3) is 0.409. The molecule has 0 amide bonds. The Hall–Kier alpha value is -2.98. The van der Waals surface area contributed by atoms with Crippen molar-refractivity contribution in [3.63, 3.8) is 0 Å². The van der Waals surface area contributed by atoms with Crippen molar-refractivity contribution in [2.75, 3.05) is 12.8 Å². The predicted octanol–water partition coefficient (Wildman–Crippen LogP) is 3.17. The summed E-state index contributed by atoms with van der Waals surface area (Å²) in [6.45, 7) is 10.3. The van der Waals surface area contributed by atoms with Crippen molar-refractivity contribution in [1.29, 1.82) is 0 Å². The van der Waals surface area contributed by atoms with E-state index in [9.17, 15) is 8.42 Å². The molecule has 1 aromatic carbocycles. The van der Waals surface area contributed by atoms with Crippen LogP contribution < -0.4 is 4.72 Å². The zero-order valence-electron chi connectivity index (χ0n) is 19.1. The van der Waals surface area contributed by atoms with E-state index in [-0.39, 0.29) is 17.9 Å². The van der Waals surface area contributed by atoms with Crippen molar-refractivity contribution in [3.05, 3.63) is 47.7 Å². The van der Waals surface area contributed by atoms with Gasteiger partial charge in [0.1, 0.15) is 5.71 Å². The van der Waals surface area contributed by atoms with Gasteiger partial charge in [-0.05, 0) is 30.7 Å². The standard InChI is InChI=1S/C22H27N7O2S/c1-13-10-17-15(8-7-9-23-17)11-16(13)25-18-19(22(3,4)5)27-29-21(18)26-20(28-29)14(2)12-24-32(6,30)31/h7-11,14,24H,12H2,1-6H3. The quantitative estimate of drug-likeness (QED) is 0.637. The SMILES string of the molecule is Cc1cc2ncccc2cc1N=C1C(C(C)(C)C)=Nn2nc(C(C)CNS(C)(=O)=O)nc21. The molecule has 1 aliphatic heterocycles. The molecule has 0 saturated carbocycles. The fourth-order valence-corrected chi connectivity index (χ4v) is 3.98. The van der Waals surface area contributed by atoms with E-state index in [4.69, 9.17) is 4.99 Å². The summed E-state index contributed by atoms with van der Waals surface area (Å²) in [5.74, 6) is 0.854. The molecule has 10 heteroatoms. The molecule has 0 saturated heterocycles. The second-order valence-corrected chi connectivity index (χ2v) is 11.0. The summed E-state index contributed by atoms with van der Waals surface area (Å²) in [4.78, 5) is 15.6. The molecular weight excluding hydrogens is 426 g/mol. The summed E-state index contributed by atoms with van der Waals surface area (Å²) in [6.07, 6.45) is 2.91. The van der Waals surface area contributed by atoms with Gasteiger partial charge in [-0.1, -0.05) is 33.8 Å². The highest BCUT2D eigenvalue weighted by Gasteiger charge is 2.35. The third-order valence-electron chi connectivity index (χ3n) is 5.19. The van der Waals surface area contributed by atoms with Gasteiger partial charge in [0.25, 0.3) is 0 Å². The molecule has 4 rings (SSSR count). The van der Waals surface area contributed by atoms with Gasteiger partial charge in [0.05, 0.1) is 23.2 Å². The maximum absolute atomic E-state index is 11.4. The first-order valence-electron chi connectivity index (χ1n) is 10.4. The van der Waals surface area contributed by atoms with Crippen LogP contribution in [0.15, 0.2) is 40.6 Å². The summed E-state index contributed by atoms with van der Waals surface area (Å²) in [5.41, 5.74) is 3.94. The van der Waals surface area contributed by atoms with Crippen molar-refractivity contribution < 1.29 is 8.42 Å². The number of pyridine rings is 1. The highest BCUT2D eigenvalue weighted by molar-refractivity contribution is 7.88. The molecule has 1 atom stereocenters. The molecule has 3 heterocycles. The maximum atomic E-state index is 11.4. The van der Waals surface area contributed by atoms with E-state index in [0.717, 1.165) is 34.1 Å². The number of sulfonamides is 1. The minimum atomic E-state index is -3.29. The van der Waals surface area contributed by atoms with Crippen LogP contribution >= 0.6 is 0 Å². The largest absolute Gasteiger partial charge is 0.256 e. The topological polar surface area (TPSA) is 114 Å². The number of hydrogen-bond donors (Lipinski definition) is 1. The van der Waals surface area contributed by atoms with Gasteiger partial charge >= 0.3 is 0 Å². The minimum Gasteiger partial charge on any atom is -0.256 e. The lowest BCUT2D eigenvalue weighted by atomic mass is 9.87. The highest BCUT2D eigenvalue weighted by atomic mass is 32.2. The number of fused-ring (bicyclic) bond motifs is 2. The van der Waals surface area contributed by atoms with Crippen LogP contribution in [0.4, 0.5) is 5.69 Å². The normalized spacial score (nSPS) is 16.4. The summed E-state index contributed by atoms with van der Waals surface area (Å²) in [6, 6.07) is 7.95. The average molecular weight is 454 g/mol. The molecule has 0 bridgehead atoms. The number of aromatic nitrogens is 4. The van der Waals surface area contributed by atoms with Crippen LogP contribution in [0, 0.1) is 12.3 Å². The zero-order chi connectivity index (χ0) is 23.3. The summed E-state index contributed by atoms with van der Waals surface area (Å²) < 4.78 is 25.4. The lowest BCUT2D eigenvalue weighted by Crippen LogP contribution is -2.28. The molecule has 3 aromatic rings. The lowest BCUT2D eigenvalue weighted by molar-refractivity contribution is 0.573. The van der Waals surface area contributed by atoms with Crippen molar-refractivity contribution in [2.45, 2.75) is 40.5 Å². The molecule has 1 aliphatic rings. The first-order chi connectivity index (χ1) is 14.9. The third kappa shape index (κ3) is 4.46. The molecule has 0 aliphatic carbocycles. The van der Waals surface area contributed by atoms with Gasteiger partial charge in [-0.25, -0.2) is 23.1 Å². The van der Waals surface area contributed by atoms with Gasteiger partial charge in [-0.15, -0.1) is 9.89 Å². The zero-order valence-corrected chi connectivity index (χ0v) is 19.9. The van der Waals surface area contributed by atoms with Crippen LogP contribution in [0.3, 0.4) is 0 Å². The van der Waals surface area contributed by atoms with E-state index in [0.29, 0.717) is 17.4 Å². The second kappa shape index (κ2) is 7.86. The number of nitrogens with one attached hydrogen (secondary N) is 1. The number of rotatable bonds is 5. The smallest absolute Gasteiger partial charge is 0.208 e. The molecule has 0 radical (unpaired) electrons. The van der Waals surface area contributed by atoms with Crippen molar-refractivity contribution in [2.24, 2.45) is 15.5 Å². The highest BCUT2D eigenvalue weighted by Crippen LogP contribution is 2.30. The van der Waals surface area contributed by atoms with E-state index in [1.54, 1.807) is 6.20 Å². The molecule has 0 spiro atoms. The Bertz CT molecular complexity index is 1360. The lowest BCUT2D eigenvalue weighted by Gasteiger charge is -2.18. The maximum Gasteiger partial charge on any atom is 0.208 e. The molecule has 168 valence electrons.